The van der Waals surface area contributed by atoms with Crippen LogP contribution in [0.3, 0.4) is 0 Å². The molecule has 0 radical (unpaired) electrons. The van der Waals surface area contributed by atoms with Crippen molar-refractivity contribution in [3.05, 3.63) is 17.5 Å². The van der Waals surface area contributed by atoms with Crippen molar-refractivity contribution < 1.29 is 0 Å². The zero-order chi connectivity index (χ0) is 9.97. The van der Waals surface area contributed by atoms with Gasteiger partial charge in [-0.1, -0.05) is 0 Å². The third-order valence-corrected chi connectivity index (χ3v) is 2.40. The maximum absolute atomic E-state index is 5.40. The summed E-state index contributed by atoms with van der Waals surface area (Å²) in [4.78, 5) is 8.70. The lowest BCUT2D eigenvalue weighted by atomic mass is 10.2. The van der Waals surface area contributed by atoms with Crippen molar-refractivity contribution >= 4 is 5.95 Å². The van der Waals surface area contributed by atoms with Crippen molar-refractivity contribution in [3.63, 3.8) is 0 Å². The number of anilines is 1. The molecule has 1 aromatic rings. The first-order valence-electron chi connectivity index (χ1n) is 5.08. The van der Waals surface area contributed by atoms with E-state index >= 15 is 0 Å². The number of hydrogen-bond acceptors (Lipinski definition) is 4. The molecule has 0 unspecified atom stereocenters. The molecule has 0 saturated heterocycles. The van der Waals surface area contributed by atoms with E-state index in [2.05, 4.69) is 22.2 Å². The standard InChI is InChI=1S/C10H16N4/c1-7-6-13-10(12-5-4-11)14-9(7)8-2-3-8/h6,8H,2-5,11H2,1H3,(H,12,13,14). The van der Waals surface area contributed by atoms with Gasteiger partial charge >= 0.3 is 0 Å². The summed E-state index contributed by atoms with van der Waals surface area (Å²) < 4.78 is 0. The Labute approximate surface area is 83.9 Å². The molecule has 1 fully saturated rings. The Hall–Kier alpha value is -1.16. The number of aryl methyl sites for hydroxylation is 1. The topological polar surface area (TPSA) is 63.8 Å². The third kappa shape index (κ3) is 2.01. The van der Waals surface area contributed by atoms with E-state index in [4.69, 9.17) is 5.73 Å². The number of hydrogen-bond donors (Lipinski definition) is 2. The summed E-state index contributed by atoms with van der Waals surface area (Å²) in [6.45, 7) is 3.41. The molecule has 4 nitrogen and oxygen atoms in total. The maximum Gasteiger partial charge on any atom is 0.222 e. The highest BCUT2D eigenvalue weighted by atomic mass is 15.1. The van der Waals surface area contributed by atoms with Gasteiger partial charge in [-0.15, -0.1) is 0 Å². The molecule has 76 valence electrons. The fourth-order valence-electron chi connectivity index (χ4n) is 1.49. The average molecular weight is 192 g/mol. The van der Waals surface area contributed by atoms with E-state index in [1.165, 1.54) is 24.1 Å². The highest BCUT2D eigenvalue weighted by molar-refractivity contribution is 5.32. The summed E-state index contributed by atoms with van der Waals surface area (Å²) >= 11 is 0. The van der Waals surface area contributed by atoms with Crippen LogP contribution in [-0.4, -0.2) is 23.1 Å². The van der Waals surface area contributed by atoms with Gasteiger partial charge in [-0.3, -0.25) is 0 Å². The summed E-state index contributed by atoms with van der Waals surface area (Å²) in [7, 11) is 0. The predicted octanol–water partition coefficient (Wildman–Crippen LogP) is 1.03. The van der Waals surface area contributed by atoms with Crippen LogP contribution in [0, 0.1) is 6.92 Å². The second kappa shape index (κ2) is 3.92. The van der Waals surface area contributed by atoms with Crippen LogP contribution in [-0.2, 0) is 0 Å². The van der Waals surface area contributed by atoms with Crippen molar-refractivity contribution in [2.45, 2.75) is 25.7 Å². The minimum absolute atomic E-state index is 0.607. The summed E-state index contributed by atoms with van der Waals surface area (Å²) in [6, 6.07) is 0. The van der Waals surface area contributed by atoms with Gasteiger partial charge in [0.05, 0.1) is 5.69 Å². The summed E-state index contributed by atoms with van der Waals surface area (Å²) in [5, 5.41) is 3.10. The van der Waals surface area contributed by atoms with Gasteiger partial charge in [0.15, 0.2) is 0 Å². The molecule has 4 heteroatoms. The molecule has 0 aromatic carbocycles. The molecule has 14 heavy (non-hydrogen) atoms. The molecule has 0 atom stereocenters. The zero-order valence-corrected chi connectivity index (χ0v) is 8.45. The lowest BCUT2D eigenvalue weighted by Gasteiger charge is -2.06. The fraction of sp³-hybridized carbons (Fsp3) is 0.600. The summed E-state index contributed by atoms with van der Waals surface area (Å²) in [6.07, 6.45) is 4.43. The van der Waals surface area contributed by atoms with Gasteiger partial charge in [0.2, 0.25) is 5.95 Å². The van der Waals surface area contributed by atoms with E-state index in [-0.39, 0.29) is 0 Å². The van der Waals surface area contributed by atoms with E-state index in [0.29, 0.717) is 18.4 Å². The lowest BCUT2D eigenvalue weighted by molar-refractivity contribution is 0.932. The van der Waals surface area contributed by atoms with Gasteiger partial charge in [-0.25, -0.2) is 9.97 Å². The fourth-order valence-corrected chi connectivity index (χ4v) is 1.49. The van der Waals surface area contributed by atoms with E-state index in [9.17, 15) is 0 Å². The summed E-state index contributed by atoms with van der Waals surface area (Å²) in [5.74, 6) is 1.39. The SMILES string of the molecule is Cc1cnc(NCCN)nc1C1CC1. The van der Waals surface area contributed by atoms with Gasteiger partial charge in [0.1, 0.15) is 0 Å². The van der Waals surface area contributed by atoms with Crippen LogP contribution in [0.1, 0.15) is 30.0 Å². The van der Waals surface area contributed by atoms with E-state index in [0.717, 1.165) is 6.54 Å². The molecule has 0 aliphatic heterocycles. The molecular formula is C10H16N4. The molecule has 0 spiro atoms. The van der Waals surface area contributed by atoms with Gasteiger partial charge in [-0.05, 0) is 25.3 Å². The van der Waals surface area contributed by atoms with Crippen molar-refractivity contribution in [1.29, 1.82) is 0 Å². The summed E-state index contributed by atoms with van der Waals surface area (Å²) in [5.41, 5.74) is 7.81. The third-order valence-electron chi connectivity index (χ3n) is 2.40. The number of nitrogens with two attached hydrogens (primary N) is 1. The normalized spacial score (nSPS) is 15.6. The van der Waals surface area contributed by atoms with Crippen LogP contribution in [0.4, 0.5) is 5.95 Å². The monoisotopic (exact) mass is 192 g/mol. The molecule has 2 rings (SSSR count). The minimum atomic E-state index is 0.607. The van der Waals surface area contributed by atoms with Gasteiger partial charge in [-0.2, -0.15) is 0 Å². The maximum atomic E-state index is 5.40. The van der Waals surface area contributed by atoms with Crippen LogP contribution in [0.5, 0.6) is 0 Å². The van der Waals surface area contributed by atoms with Crippen molar-refractivity contribution in [1.82, 2.24) is 9.97 Å². The second-order valence-corrected chi connectivity index (χ2v) is 3.75. The van der Waals surface area contributed by atoms with Gasteiger partial charge < -0.3 is 11.1 Å². The average Bonchev–Trinajstić information content (AvgIpc) is 3.00. The van der Waals surface area contributed by atoms with E-state index in [1.807, 2.05) is 6.20 Å². The van der Waals surface area contributed by atoms with Crippen molar-refractivity contribution in [2.75, 3.05) is 18.4 Å². The first-order chi connectivity index (χ1) is 6.81. The molecular weight excluding hydrogens is 176 g/mol. The molecule has 3 N–H and O–H groups in total. The number of nitrogens with zero attached hydrogens (tertiary/aromatic N) is 2. The molecule has 0 amide bonds. The molecule has 1 heterocycles. The Morgan fingerprint density at radius 2 is 2.36 bits per heavy atom. The Bertz CT molecular complexity index is 320. The highest BCUT2D eigenvalue weighted by Gasteiger charge is 2.26. The Morgan fingerprint density at radius 1 is 1.57 bits per heavy atom. The van der Waals surface area contributed by atoms with Gasteiger partial charge in [0, 0.05) is 25.2 Å². The molecule has 1 saturated carbocycles. The van der Waals surface area contributed by atoms with E-state index in [1.54, 1.807) is 0 Å². The zero-order valence-electron chi connectivity index (χ0n) is 8.45. The quantitative estimate of drug-likeness (QED) is 0.748. The largest absolute Gasteiger partial charge is 0.353 e. The van der Waals surface area contributed by atoms with Gasteiger partial charge in [0.25, 0.3) is 0 Å². The van der Waals surface area contributed by atoms with Crippen molar-refractivity contribution in [2.24, 2.45) is 5.73 Å². The number of rotatable bonds is 4. The van der Waals surface area contributed by atoms with E-state index < -0.39 is 0 Å². The first kappa shape index (κ1) is 9.40. The molecule has 0 bridgehead atoms. The van der Waals surface area contributed by atoms with Crippen LogP contribution in [0.15, 0.2) is 6.20 Å². The van der Waals surface area contributed by atoms with Crippen LogP contribution in [0.2, 0.25) is 0 Å². The molecule has 1 aromatic heterocycles. The van der Waals surface area contributed by atoms with Crippen molar-refractivity contribution in [3.8, 4) is 0 Å². The smallest absolute Gasteiger partial charge is 0.222 e. The highest BCUT2D eigenvalue weighted by Crippen LogP contribution is 2.40. The molecule has 1 aliphatic rings. The number of aromatic nitrogens is 2. The Kier molecular flexibility index (Phi) is 2.63. The number of nitrogens with one attached hydrogen (secondary N) is 1. The Balaban J connectivity index is 2.13. The first-order valence-corrected chi connectivity index (χ1v) is 5.08. The predicted molar refractivity (Wildman–Crippen MR) is 56.3 cm³/mol. The lowest BCUT2D eigenvalue weighted by Crippen LogP contribution is -2.15. The van der Waals surface area contributed by atoms with Crippen LogP contribution in [0.25, 0.3) is 0 Å². The minimum Gasteiger partial charge on any atom is -0.353 e. The second-order valence-electron chi connectivity index (χ2n) is 3.75. The van der Waals surface area contributed by atoms with Crippen LogP contribution < -0.4 is 11.1 Å². The Morgan fingerprint density at radius 3 is 3.00 bits per heavy atom. The van der Waals surface area contributed by atoms with Crippen LogP contribution >= 0.6 is 0 Å². The molecule has 1 aliphatic carbocycles.